The van der Waals surface area contributed by atoms with Crippen LogP contribution in [-0.2, 0) is 12.7 Å². The van der Waals surface area contributed by atoms with Crippen LogP contribution < -0.4 is 10.1 Å². The number of benzene rings is 1. The zero-order valence-corrected chi connectivity index (χ0v) is 15.1. The van der Waals surface area contributed by atoms with Crippen molar-refractivity contribution in [3.8, 4) is 5.75 Å². The molecule has 6 nitrogen and oxygen atoms in total. The number of pyridine rings is 1. The smallest absolute Gasteiger partial charge is 0.416 e. The minimum Gasteiger partial charge on any atom is -0.497 e. The van der Waals surface area contributed by atoms with Crippen LogP contribution in [0.4, 0.5) is 19.0 Å². The van der Waals surface area contributed by atoms with Crippen LogP contribution in [0.15, 0.2) is 48.9 Å². The number of alkyl halides is 3. The van der Waals surface area contributed by atoms with Gasteiger partial charge in [0.15, 0.2) is 5.82 Å². The van der Waals surface area contributed by atoms with Crippen molar-refractivity contribution in [2.24, 2.45) is 0 Å². The van der Waals surface area contributed by atoms with Gasteiger partial charge in [0.25, 0.3) is 5.91 Å². The molecule has 0 aliphatic rings. The largest absolute Gasteiger partial charge is 0.497 e. The predicted molar refractivity (Wildman–Crippen MR) is 96.3 cm³/mol. The maximum absolute atomic E-state index is 13.3. The molecule has 0 radical (unpaired) electrons. The number of methoxy groups -OCH3 is 1. The van der Waals surface area contributed by atoms with E-state index in [-0.39, 0.29) is 29.6 Å². The Labute approximate surface area is 159 Å². The summed E-state index contributed by atoms with van der Waals surface area (Å²) in [6.45, 7) is 1.64. The molecule has 3 aromatic rings. The lowest BCUT2D eigenvalue weighted by molar-refractivity contribution is -0.138. The van der Waals surface area contributed by atoms with Crippen LogP contribution >= 0.6 is 0 Å². The van der Waals surface area contributed by atoms with E-state index in [1.54, 1.807) is 19.2 Å². The van der Waals surface area contributed by atoms with Gasteiger partial charge in [-0.15, -0.1) is 0 Å². The summed E-state index contributed by atoms with van der Waals surface area (Å²) in [6, 6.07) is 6.86. The number of carbonyl (C=O) groups excluding carboxylic acids is 1. The Morgan fingerprint density at radius 1 is 1.25 bits per heavy atom. The van der Waals surface area contributed by atoms with Gasteiger partial charge in [-0.05, 0) is 36.2 Å². The number of anilines is 1. The Hall–Kier alpha value is -3.36. The Kier molecular flexibility index (Phi) is 5.34. The second-order valence-electron chi connectivity index (χ2n) is 6.06. The molecule has 1 N–H and O–H groups in total. The number of amides is 1. The van der Waals surface area contributed by atoms with Crippen molar-refractivity contribution in [3.63, 3.8) is 0 Å². The molecule has 0 saturated carbocycles. The van der Waals surface area contributed by atoms with Crippen LogP contribution in [0.5, 0.6) is 5.75 Å². The number of aryl methyl sites for hydroxylation is 1. The normalized spacial score (nSPS) is 11.3. The highest BCUT2D eigenvalue weighted by Crippen LogP contribution is 2.34. The van der Waals surface area contributed by atoms with Gasteiger partial charge in [-0.2, -0.15) is 18.3 Å². The summed E-state index contributed by atoms with van der Waals surface area (Å²) in [6.07, 6.45) is 0.0467. The first-order chi connectivity index (χ1) is 13.3. The maximum atomic E-state index is 13.3. The van der Waals surface area contributed by atoms with Crippen LogP contribution in [0.2, 0.25) is 0 Å². The lowest BCUT2D eigenvalue weighted by Gasteiger charge is -2.14. The highest BCUT2D eigenvalue weighted by atomic mass is 19.4. The van der Waals surface area contributed by atoms with E-state index in [1.807, 2.05) is 0 Å². The fourth-order valence-corrected chi connectivity index (χ4v) is 2.69. The minimum absolute atomic E-state index is 0.0410. The molecule has 0 aliphatic heterocycles. The first-order valence-corrected chi connectivity index (χ1v) is 8.27. The summed E-state index contributed by atoms with van der Waals surface area (Å²) in [7, 11) is 1.31. The van der Waals surface area contributed by atoms with Crippen LogP contribution in [-0.4, -0.2) is 27.8 Å². The van der Waals surface area contributed by atoms with Crippen molar-refractivity contribution in [2.45, 2.75) is 19.6 Å². The average molecular weight is 390 g/mol. The lowest BCUT2D eigenvalue weighted by Crippen LogP contribution is -2.15. The molecule has 0 aliphatic carbocycles. The quantitative estimate of drug-likeness (QED) is 0.717. The van der Waals surface area contributed by atoms with E-state index >= 15 is 0 Å². The molecule has 1 amide bonds. The van der Waals surface area contributed by atoms with Crippen molar-refractivity contribution in [1.29, 1.82) is 0 Å². The number of hydrogen-bond donors (Lipinski definition) is 1. The van der Waals surface area contributed by atoms with E-state index in [9.17, 15) is 18.0 Å². The number of aromatic nitrogens is 3. The van der Waals surface area contributed by atoms with E-state index < -0.39 is 11.7 Å². The summed E-state index contributed by atoms with van der Waals surface area (Å²) in [5, 5.41) is 6.76. The lowest BCUT2D eigenvalue weighted by atomic mass is 10.1. The topological polar surface area (TPSA) is 69.0 Å². The molecule has 0 fully saturated rings. The van der Waals surface area contributed by atoms with Crippen LogP contribution in [0, 0.1) is 6.92 Å². The third-order valence-corrected chi connectivity index (χ3v) is 4.10. The molecule has 146 valence electrons. The number of halogens is 3. The number of hydrogen-bond acceptors (Lipinski definition) is 4. The standard InChI is InChI=1S/C19H17F3N4O2/c1-12-10-23-7-5-15(12)18(27)24-17-6-8-26(25-17)11-13-3-4-14(28-2)9-16(13)19(20,21)22/h3-10H,11H2,1-2H3,(H,24,25,27). The molecule has 0 spiro atoms. The van der Waals surface area contributed by atoms with E-state index in [4.69, 9.17) is 4.74 Å². The summed E-state index contributed by atoms with van der Waals surface area (Å²) in [5.41, 5.74) is 0.395. The van der Waals surface area contributed by atoms with E-state index in [2.05, 4.69) is 15.4 Å². The van der Waals surface area contributed by atoms with E-state index in [1.165, 1.54) is 42.4 Å². The second kappa shape index (κ2) is 7.71. The molecular formula is C19H17F3N4O2. The third-order valence-electron chi connectivity index (χ3n) is 4.10. The van der Waals surface area contributed by atoms with Crippen LogP contribution in [0.1, 0.15) is 27.0 Å². The van der Waals surface area contributed by atoms with Gasteiger partial charge in [-0.3, -0.25) is 14.5 Å². The van der Waals surface area contributed by atoms with Gasteiger partial charge in [-0.25, -0.2) is 0 Å². The van der Waals surface area contributed by atoms with E-state index in [0.29, 0.717) is 11.1 Å². The summed E-state index contributed by atoms with van der Waals surface area (Å²) < 4.78 is 46.2. The molecule has 3 rings (SSSR count). The molecule has 1 aromatic carbocycles. The maximum Gasteiger partial charge on any atom is 0.416 e. The molecule has 28 heavy (non-hydrogen) atoms. The zero-order valence-electron chi connectivity index (χ0n) is 15.1. The zero-order chi connectivity index (χ0) is 20.3. The van der Waals surface area contributed by atoms with Gasteiger partial charge in [0.05, 0.1) is 19.2 Å². The van der Waals surface area contributed by atoms with Crippen molar-refractivity contribution in [2.75, 3.05) is 12.4 Å². The van der Waals surface area contributed by atoms with Gasteiger partial charge < -0.3 is 10.1 Å². The monoisotopic (exact) mass is 390 g/mol. The number of nitrogens with one attached hydrogen (secondary N) is 1. The van der Waals surface area contributed by atoms with Crippen molar-refractivity contribution in [3.05, 3.63) is 71.2 Å². The molecule has 0 bridgehead atoms. The fourth-order valence-electron chi connectivity index (χ4n) is 2.69. The Bertz CT molecular complexity index is 999. The first kappa shape index (κ1) is 19.4. The molecule has 2 aromatic heterocycles. The average Bonchev–Trinajstić information content (AvgIpc) is 3.08. The summed E-state index contributed by atoms with van der Waals surface area (Å²) in [5.74, 6) is -0.00826. The molecule has 0 unspecified atom stereocenters. The molecule has 9 heteroatoms. The Morgan fingerprint density at radius 3 is 2.71 bits per heavy atom. The van der Waals surface area contributed by atoms with Crippen molar-refractivity contribution in [1.82, 2.24) is 14.8 Å². The fraction of sp³-hybridized carbons (Fsp3) is 0.211. The van der Waals surface area contributed by atoms with Crippen LogP contribution in [0.25, 0.3) is 0 Å². The number of carbonyl (C=O) groups is 1. The van der Waals surface area contributed by atoms with E-state index in [0.717, 1.165) is 6.07 Å². The highest BCUT2D eigenvalue weighted by molar-refractivity contribution is 6.04. The molecule has 0 atom stereocenters. The predicted octanol–water partition coefficient (Wildman–Crippen LogP) is 3.91. The van der Waals surface area contributed by atoms with Gasteiger partial charge >= 0.3 is 6.18 Å². The third kappa shape index (κ3) is 4.30. The summed E-state index contributed by atoms with van der Waals surface area (Å²) >= 11 is 0. The molecule has 2 heterocycles. The minimum atomic E-state index is -4.52. The van der Waals surface area contributed by atoms with Crippen molar-refractivity contribution < 1.29 is 22.7 Å². The number of nitrogens with zero attached hydrogens (tertiary/aromatic N) is 3. The van der Waals surface area contributed by atoms with Crippen molar-refractivity contribution >= 4 is 11.7 Å². The molecule has 0 saturated heterocycles. The first-order valence-electron chi connectivity index (χ1n) is 8.27. The highest BCUT2D eigenvalue weighted by Gasteiger charge is 2.33. The number of ether oxygens (including phenoxy) is 1. The Morgan fingerprint density at radius 2 is 2.04 bits per heavy atom. The van der Waals surface area contributed by atoms with Gasteiger partial charge in [-0.1, -0.05) is 6.07 Å². The SMILES string of the molecule is COc1ccc(Cn2ccc(NC(=O)c3ccncc3C)n2)c(C(F)(F)F)c1. The van der Waals surface area contributed by atoms with Crippen LogP contribution in [0.3, 0.4) is 0 Å². The second-order valence-corrected chi connectivity index (χ2v) is 6.06. The van der Waals surface area contributed by atoms with Gasteiger partial charge in [0.1, 0.15) is 5.75 Å². The van der Waals surface area contributed by atoms with Gasteiger partial charge in [0, 0.05) is 30.2 Å². The number of rotatable bonds is 5. The molecular weight excluding hydrogens is 373 g/mol. The Balaban J connectivity index is 1.78. The summed E-state index contributed by atoms with van der Waals surface area (Å²) in [4.78, 5) is 16.2. The van der Waals surface area contributed by atoms with Gasteiger partial charge in [0.2, 0.25) is 0 Å².